The van der Waals surface area contributed by atoms with E-state index in [4.69, 9.17) is 5.11 Å². The molecule has 0 spiro atoms. The summed E-state index contributed by atoms with van der Waals surface area (Å²) in [7, 11) is 0. The van der Waals surface area contributed by atoms with Crippen molar-refractivity contribution in [2.24, 2.45) is 11.8 Å². The van der Waals surface area contributed by atoms with Crippen molar-refractivity contribution < 1.29 is 14.7 Å². The Hall–Kier alpha value is -1.10. The summed E-state index contributed by atoms with van der Waals surface area (Å²) in [6.45, 7) is 3.56. The minimum Gasteiger partial charge on any atom is -0.396 e. The van der Waals surface area contributed by atoms with Crippen molar-refractivity contribution in [1.82, 2.24) is 10.2 Å². The Morgan fingerprint density at radius 2 is 2.11 bits per heavy atom. The van der Waals surface area contributed by atoms with E-state index < -0.39 is 0 Å². The van der Waals surface area contributed by atoms with E-state index in [1.54, 1.807) is 0 Å². The quantitative estimate of drug-likeness (QED) is 0.701. The van der Waals surface area contributed by atoms with Gasteiger partial charge >= 0.3 is 0 Å². The summed E-state index contributed by atoms with van der Waals surface area (Å²) in [5, 5.41) is 11.7. The SMILES string of the molecule is CC(C(=O)N1CCCCC1)C1NC(=O)C1CCO. The summed E-state index contributed by atoms with van der Waals surface area (Å²) in [6, 6.07) is -0.0981. The van der Waals surface area contributed by atoms with Crippen molar-refractivity contribution in [3.8, 4) is 0 Å². The molecule has 2 N–H and O–H groups in total. The van der Waals surface area contributed by atoms with Gasteiger partial charge in [0.1, 0.15) is 0 Å². The molecule has 3 atom stereocenters. The lowest BCUT2D eigenvalue weighted by Crippen LogP contribution is -2.63. The van der Waals surface area contributed by atoms with Crippen molar-refractivity contribution in [2.45, 2.75) is 38.6 Å². The molecule has 102 valence electrons. The molecule has 5 nitrogen and oxygen atoms in total. The number of β-lactam (4-membered cyclic amide) rings is 1. The molecule has 2 saturated heterocycles. The topological polar surface area (TPSA) is 69.6 Å². The lowest BCUT2D eigenvalue weighted by Gasteiger charge is -2.41. The first-order valence-corrected chi connectivity index (χ1v) is 6.85. The molecule has 0 saturated carbocycles. The average molecular weight is 254 g/mol. The number of aliphatic hydroxyl groups excluding tert-OH is 1. The predicted octanol–water partition coefficient (Wildman–Crippen LogP) is 0.132. The van der Waals surface area contributed by atoms with Gasteiger partial charge in [-0.2, -0.15) is 0 Å². The summed E-state index contributed by atoms with van der Waals surface area (Å²) in [5.74, 6) is -0.272. The van der Waals surface area contributed by atoms with Crippen molar-refractivity contribution in [1.29, 1.82) is 0 Å². The minimum atomic E-state index is -0.196. The zero-order valence-electron chi connectivity index (χ0n) is 10.9. The fourth-order valence-electron chi connectivity index (χ4n) is 2.92. The molecule has 2 aliphatic heterocycles. The van der Waals surface area contributed by atoms with E-state index in [9.17, 15) is 9.59 Å². The number of carbonyl (C=O) groups is 2. The van der Waals surface area contributed by atoms with Crippen LogP contribution >= 0.6 is 0 Å². The molecule has 0 aliphatic carbocycles. The highest BCUT2D eigenvalue weighted by Crippen LogP contribution is 2.27. The van der Waals surface area contributed by atoms with Gasteiger partial charge in [-0.1, -0.05) is 6.92 Å². The molecular weight excluding hydrogens is 232 g/mol. The van der Waals surface area contributed by atoms with E-state index in [-0.39, 0.29) is 36.3 Å². The van der Waals surface area contributed by atoms with Gasteiger partial charge in [0.2, 0.25) is 11.8 Å². The molecule has 2 aliphatic rings. The molecule has 2 heterocycles. The van der Waals surface area contributed by atoms with Gasteiger partial charge in [-0.05, 0) is 25.7 Å². The second-order valence-electron chi connectivity index (χ2n) is 5.33. The van der Waals surface area contributed by atoms with Crippen LogP contribution in [-0.4, -0.2) is 47.6 Å². The van der Waals surface area contributed by atoms with Gasteiger partial charge < -0.3 is 15.3 Å². The maximum atomic E-state index is 12.3. The van der Waals surface area contributed by atoms with E-state index in [1.165, 1.54) is 6.42 Å². The summed E-state index contributed by atoms with van der Waals surface area (Å²) >= 11 is 0. The first-order chi connectivity index (χ1) is 8.65. The standard InChI is InChI=1S/C13H22N2O3/c1-9(11-10(5-8-16)12(17)14-11)13(18)15-6-3-2-4-7-15/h9-11,16H,2-8H2,1H3,(H,14,17). The summed E-state index contributed by atoms with van der Waals surface area (Å²) in [5.41, 5.74) is 0. The lowest BCUT2D eigenvalue weighted by atomic mass is 9.79. The van der Waals surface area contributed by atoms with Crippen LogP contribution in [0, 0.1) is 11.8 Å². The molecule has 5 heteroatoms. The number of carbonyl (C=O) groups excluding carboxylic acids is 2. The Bertz CT molecular complexity index is 326. The number of rotatable bonds is 4. The molecule has 2 fully saturated rings. The highest BCUT2D eigenvalue weighted by molar-refractivity contribution is 5.89. The third-order valence-corrected chi connectivity index (χ3v) is 4.12. The van der Waals surface area contributed by atoms with Crippen molar-refractivity contribution in [3.63, 3.8) is 0 Å². The second-order valence-corrected chi connectivity index (χ2v) is 5.33. The van der Waals surface area contributed by atoms with Crippen LogP contribution in [0.1, 0.15) is 32.6 Å². The molecule has 0 radical (unpaired) electrons. The predicted molar refractivity (Wildman–Crippen MR) is 66.7 cm³/mol. The van der Waals surface area contributed by atoms with Gasteiger partial charge in [-0.25, -0.2) is 0 Å². The number of aliphatic hydroxyl groups is 1. The van der Waals surface area contributed by atoms with Crippen LogP contribution in [-0.2, 0) is 9.59 Å². The molecular formula is C13H22N2O3. The van der Waals surface area contributed by atoms with Gasteiger partial charge in [-0.3, -0.25) is 9.59 Å². The molecule has 0 aromatic carbocycles. The zero-order valence-corrected chi connectivity index (χ0v) is 10.9. The Labute approximate surface area is 108 Å². The number of piperidine rings is 1. The maximum Gasteiger partial charge on any atom is 0.227 e. The van der Waals surface area contributed by atoms with E-state index in [0.29, 0.717) is 6.42 Å². The first-order valence-electron chi connectivity index (χ1n) is 6.85. The second kappa shape index (κ2) is 5.69. The Morgan fingerprint density at radius 3 is 2.67 bits per heavy atom. The summed E-state index contributed by atoms with van der Waals surface area (Å²) in [6.07, 6.45) is 3.81. The molecule has 0 aromatic heterocycles. The van der Waals surface area contributed by atoms with Gasteiger partial charge in [0, 0.05) is 19.7 Å². The number of likely N-dealkylation sites (tertiary alicyclic amines) is 1. The summed E-state index contributed by atoms with van der Waals surface area (Å²) < 4.78 is 0. The van der Waals surface area contributed by atoms with Crippen molar-refractivity contribution in [3.05, 3.63) is 0 Å². The van der Waals surface area contributed by atoms with Crippen LogP contribution < -0.4 is 5.32 Å². The molecule has 0 aromatic rings. The van der Waals surface area contributed by atoms with Gasteiger partial charge in [0.05, 0.1) is 17.9 Å². The molecule has 3 unspecified atom stereocenters. The number of hydrogen-bond acceptors (Lipinski definition) is 3. The monoisotopic (exact) mass is 254 g/mol. The van der Waals surface area contributed by atoms with Crippen LogP contribution in [0.5, 0.6) is 0 Å². The zero-order chi connectivity index (χ0) is 13.1. The van der Waals surface area contributed by atoms with Gasteiger partial charge in [0.25, 0.3) is 0 Å². The maximum absolute atomic E-state index is 12.3. The highest BCUT2D eigenvalue weighted by atomic mass is 16.3. The molecule has 2 amide bonds. The smallest absolute Gasteiger partial charge is 0.227 e. The van der Waals surface area contributed by atoms with E-state index in [1.807, 2.05) is 11.8 Å². The fraction of sp³-hybridized carbons (Fsp3) is 0.846. The van der Waals surface area contributed by atoms with Crippen LogP contribution in [0.2, 0.25) is 0 Å². The van der Waals surface area contributed by atoms with Crippen molar-refractivity contribution >= 4 is 11.8 Å². The van der Waals surface area contributed by atoms with E-state index >= 15 is 0 Å². The largest absolute Gasteiger partial charge is 0.396 e. The van der Waals surface area contributed by atoms with Crippen LogP contribution in [0.3, 0.4) is 0 Å². The van der Waals surface area contributed by atoms with E-state index in [2.05, 4.69) is 5.32 Å². The highest BCUT2D eigenvalue weighted by Gasteiger charge is 2.44. The normalized spacial score (nSPS) is 29.4. The average Bonchev–Trinajstić information content (AvgIpc) is 2.41. The van der Waals surface area contributed by atoms with Crippen molar-refractivity contribution in [2.75, 3.05) is 19.7 Å². The lowest BCUT2D eigenvalue weighted by molar-refractivity contribution is -0.145. The number of hydrogen-bond donors (Lipinski definition) is 2. The fourth-order valence-corrected chi connectivity index (χ4v) is 2.92. The number of amides is 2. The summed E-state index contributed by atoms with van der Waals surface area (Å²) in [4.78, 5) is 25.6. The molecule has 0 bridgehead atoms. The van der Waals surface area contributed by atoms with Gasteiger partial charge in [0.15, 0.2) is 0 Å². The third-order valence-electron chi connectivity index (χ3n) is 4.12. The Morgan fingerprint density at radius 1 is 1.44 bits per heavy atom. The number of nitrogens with one attached hydrogen (secondary N) is 1. The van der Waals surface area contributed by atoms with Crippen LogP contribution in [0.15, 0.2) is 0 Å². The Balaban J connectivity index is 1.91. The van der Waals surface area contributed by atoms with Crippen LogP contribution in [0.4, 0.5) is 0 Å². The van der Waals surface area contributed by atoms with E-state index in [0.717, 1.165) is 25.9 Å². The molecule has 2 rings (SSSR count). The van der Waals surface area contributed by atoms with Crippen LogP contribution in [0.25, 0.3) is 0 Å². The minimum absolute atomic E-state index is 0.000782. The number of nitrogens with zero attached hydrogens (tertiary/aromatic N) is 1. The van der Waals surface area contributed by atoms with Gasteiger partial charge in [-0.15, -0.1) is 0 Å². The Kier molecular flexibility index (Phi) is 4.22. The molecule has 18 heavy (non-hydrogen) atoms. The first kappa shape index (κ1) is 13.3. The third kappa shape index (κ3) is 2.51.